The molecule has 138 valence electrons. The fraction of sp³-hybridized carbons (Fsp3) is 0.389. The van der Waals surface area contributed by atoms with Gasteiger partial charge in [-0.1, -0.05) is 19.1 Å². The van der Waals surface area contributed by atoms with Crippen LogP contribution in [0.25, 0.3) is 6.08 Å². The van der Waals surface area contributed by atoms with Crippen LogP contribution in [0.4, 0.5) is 13.2 Å². The highest BCUT2D eigenvalue weighted by molar-refractivity contribution is 5.92. The second kappa shape index (κ2) is 9.76. The van der Waals surface area contributed by atoms with Crippen molar-refractivity contribution in [1.82, 2.24) is 4.90 Å². The largest absolute Gasteiger partial charge is 0.493 e. The van der Waals surface area contributed by atoms with Gasteiger partial charge in [0.2, 0.25) is 5.91 Å². The molecule has 0 aromatic heterocycles. The quantitative estimate of drug-likeness (QED) is 0.494. The number of nitrogens with zero attached hydrogens (tertiary/aromatic N) is 1. The Morgan fingerprint density at radius 3 is 2.60 bits per heavy atom. The second-order valence-electron chi connectivity index (χ2n) is 5.21. The average molecular weight is 357 g/mol. The van der Waals surface area contributed by atoms with Crippen LogP contribution in [0.2, 0.25) is 0 Å². The van der Waals surface area contributed by atoms with E-state index in [0.29, 0.717) is 28.6 Å². The van der Waals surface area contributed by atoms with Gasteiger partial charge in [0.05, 0.1) is 13.7 Å². The minimum Gasteiger partial charge on any atom is -0.493 e. The maximum absolute atomic E-state index is 12.5. The molecule has 0 heterocycles. The molecule has 1 aromatic rings. The number of hydrogen-bond acceptors (Lipinski definition) is 3. The van der Waals surface area contributed by atoms with Gasteiger partial charge < -0.3 is 14.4 Å². The van der Waals surface area contributed by atoms with E-state index in [0.717, 1.165) is 12.5 Å². The maximum Gasteiger partial charge on any atom is 0.406 e. The van der Waals surface area contributed by atoms with Crippen molar-refractivity contribution in [2.75, 3.05) is 26.8 Å². The molecule has 0 radical (unpaired) electrons. The van der Waals surface area contributed by atoms with Crippen LogP contribution < -0.4 is 9.47 Å². The highest BCUT2D eigenvalue weighted by atomic mass is 19.4. The van der Waals surface area contributed by atoms with E-state index in [1.165, 1.54) is 19.3 Å². The van der Waals surface area contributed by atoms with Crippen LogP contribution in [0, 0.1) is 0 Å². The van der Waals surface area contributed by atoms with Gasteiger partial charge in [-0.2, -0.15) is 13.2 Å². The van der Waals surface area contributed by atoms with Gasteiger partial charge in [0, 0.05) is 12.6 Å². The van der Waals surface area contributed by atoms with E-state index in [1.807, 2.05) is 6.92 Å². The van der Waals surface area contributed by atoms with Gasteiger partial charge in [-0.3, -0.25) is 4.79 Å². The molecule has 7 heteroatoms. The van der Waals surface area contributed by atoms with E-state index in [2.05, 4.69) is 6.58 Å². The average Bonchev–Trinajstić information content (AvgIpc) is 2.56. The van der Waals surface area contributed by atoms with Crippen LogP contribution in [0.1, 0.15) is 18.9 Å². The Hall–Kier alpha value is -2.44. The summed E-state index contributed by atoms with van der Waals surface area (Å²) in [5.74, 6) is 0.307. The monoisotopic (exact) mass is 357 g/mol. The van der Waals surface area contributed by atoms with Crippen LogP contribution in [0.15, 0.2) is 36.9 Å². The van der Waals surface area contributed by atoms with Crippen molar-refractivity contribution in [3.05, 3.63) is 42.5 Å². The molecule has 0 saturated carbocycles. The van der Waals surface area contributed by atoms with Crippen LogP contribution in [0.3, 0.4) is 0 Å². The minimum atomic E-state index is -4.46. The van der Waals surface area contributed by atoms with E-state index >= 15 is 0 Å². The molecule has 1 amide bonds. The molecule has 0 aliphatic heterocycles. The predicted molar refractivity (Wildman–Crippen MR) is 90.6 cm³/mol. The van der Waals surface area contributed by atoms with E-state index < -0.39 is 18.6 Å². The maximum atomic E-state index is 12.5. The molecule has 0 unspecified atom stereocenters. The lowest BCUT2D eigenvalue weighted by atomic mass is 10.2. The van der Waals surface area contributed by atoms with Crippen molar-refractivity contribution in [2.24, 2.45) is 0 Å². The summed E-state index contributed by atoms with van der Waals surface area (Å²) < 4.78 is 48.3. The first kappa shape index (κ1) is 20.6. The highest BCUT2D eigenvalue weighted by Crippen LogP contribution is 2.28. The van der Waals surface area contributed by atoms with Crippen molar-refractivity contribution >= 4 is 12.0 Å². The van der Waals surface area contributed by atoms with Gasteiger partial charge in [-0.05, 0) is 30.2 Å². The third-order valence-corrected chi connectivity index (χ3v) is 3.10. The van der Waals surface area contributed by atoms with E-state index in [-0.39, 0.29) is 6.54 Å². The lowest BCUT2D eigenvalue weighted by molar-refractivity contribution is -0.157. The molecule has 1 rings (SSSR count). The van der Waals surface area contributed by atoms with Gasteiger partial charge in [0.15, 0.2) is 11.5 Å². The molecule has 0 saturated heterocycles. The zero-order chi connectivity index (χ0) is 18.9. The lowest BCUT2D eigenvalue weighted by Crippen LogP contribution is -2.38. The summed E-state index contributed by atoms with van der Waals surface area (Å²) in [5, 5.41) is 0. The van der Waals surface area contributed by atoms with Crippen LogP contribution in [-0.4, -0.2) is 43.8 Å². The van der Waals surface area contributed by atoms with Crippen molar-refractivity contribution < 1.29 is 27.4 Å². The molecule has 4 nitrogen and oxygen atoms in total. The normalized spacial score (nSPS) is 11.4. The number of halogens is 3. The fourth-order valence-electron chi connectivity index (χ4n) is 2.00. The van der Waals surface area contributed by atoms with E-state index in [4.69, 9.17) is 9.47 Å². The Morgan fingerprint density at radius 1 is 1.32 bits per heavy atom. The Kier molecular flexibility index (Phi) is 8.04. The summed E-state index contributed by atoms with van der Waals surface area (Å²) in [6, 6.07) is 5.03. The van der Waals surface area contributed by atoms with Gasteiger partial charge in [-0.15, -0.1) is 6.58 Å². The molecule has 0 fully saturated rings. The van der Waals surface area contributed by atoms with Gasteiger partial charge in [0.1, 0.15) is 6.54 Å². The zero-order valence-corrected chi connectivity index (χ0v) is 14.3. The summed E-state index contributed by atoms with van der Waals surface area (Å²) in [5.41, 5.74) is 0.611. The van der Waals surface area contributed by atoms with Crippen molar-refractivity contribution in [3.8, 4) is 11.5 Å². The molecule has 0 N–H and O–H groups in total. The smallest absolute Gasteiger partial charge is 0.406 e. The van der Waals surface area contributed by atoms with Crippen molar-refractivity contribution in [3.63, 3.8) is 0 Å². The molecule has 0 aliphatic rings. The molecular weight excluding hydrogens is 335 g/mol. The molecule has 0 aliphatic carbocycles. The molecule has 1 aromatic carbocycles. The zero-order valence-electron chi connectivity index (χ0n) is 14.3. The number of hydrogen-bond donors (Lipinski definition) is 0. The second-order valence-corrected chi connectivity index (χ2v) is 5.21. The number of alkyl halides is 3. The predicted octanol–water partition coefficient (Wildman–Crippen LogP) is 4.07. The summed E-state index contributed by atoms with van der Waals surface area (Å²) in [4.78, 5) is 12.6. The van der Waals surface area contributed by atoms with Crippen LogP contribution >= 0.6 is 0 Å². The van der Waals surface area contributed by atoms with Crippen molar-refractivity contribution in [2.45, 2.75) is 19.5 Å². The van der Waals surface area contributed by atoms with E-state index in [9.17, 15) is 18.0 Å². The Labute approximate surface area is 145 Å². The molecule has 0 atom stereocenters. The third kappa shape index (κ3) is 7.32. The van der Waals surface area contributed by atoms with E-state index in [1.54, 1.807) is 18.2 Å². The Bertz CT molecular complexity index is 612. The Morgan fingerprint density at radius 2 is 2.04 bits per heavy atom. The summed E-state index contributed by atoms with van der Waals surface area (Å²) >= 11 is 0. The lowest BCUT2D eigenvalue weighted by Gasteiger charge is -2.20. The number of amides is 1. The third-order valence-electron chi connectivity index (χ3n) is 3.10. The molecule has 0 bridgehead atoms. The first-order valence-electron chi connectivity index (χ1n) is 7.76. The van der Waals surface area contributed by atoms with Gasteiger partial charge in [-0.25, -0.2) is 0 Å². The number of benzene rings is 1. The molecular formula is C18H22F3NO3. The Balaban J connectivity index is 2.87. The van der Waals surface area contributed by atoms with Gasteiger partial charge in [0.25, 0.3) is 0 Å². The van der Waals surface area contributed by atoms with Crippen LogP contribution in [-0.2, 0) is 4.79 Å². The number of carbonyl (C=O) groups is 1. The topological polar surface area (TPSA) is 38.8 Å². The first-order chi connectivity index (χ1) is 11.8. The fourth-order valence-corrected chi connectivity index (χ4v) is 2.00. The van der Waals surface area contributed by atoms with Gasteiger partial charge >= 0.3 is 6.18 Å². The minimum absolute atomic E-state index is 0.185. The SMILES string of the molecule is C=CCN(CC(F)(F)F)C(=O)/C=C/c1ccc(OCCC)c(OC)c1. The standard InChI is InChI=1S/C18H22F3NO3/c1-4-10-22(13-18(19,20)21)17(23)9-7-14-6-8-15(25-11-5-2)16(12-14)24-3/h4,6-9,12H,1,5,10-11,13H2,2-3H3/b9-7+. The van der Waals surface area contributed by atoms with Crippen LogP contribution in [0.5, 0.6) is 11.5 Å². The number of ether oxygens (including phenoxy) is 2. The summed E-state index contributed by atoms with van der Waals surface area (Å²) in [6.45, 7) is 4.38. The number of carbonyl (C=O) groups excluding carboxylic acids is 1. The molecule has 25 heavy (non-hydrogen) atoms. The number of rotatable bonds is 9. The van der Waals surface area contributed by atoms with Crippen molar-refractivity contribution in [1.29, 1.82) is 0 Å². The summed E-state index contributed by atoms with van der Waals surface area (Å²) in [6.07, 6.45) is 0.156. The summed E-state index contributed by atoms with van der Waals surface area (Å²) in [7, 11) is 1.49. The number of methoxy groups -OCH3 is 1. The molecule has 0 spiro atoms. The first-order valence-corrected chi connectivity index (χ1v) is 7.76. The highest BCUT2D eigenvalue weighted by Gasteiger charge is 2.31.